The lowest BCUT2D eigenvalue weighted by Gasteiger charge is -2.52. The summed E-state index contributed by atoms with van der Waals surface area (Å²) in [4.78, 5) is 31.1. The van der Waals surface area contributed by atoms with Crippen molar-refractivity contribution in [1.29, 1.82) is 0 Å². The van der Waals surface area contributed by atoms with Gasteiger partial charge < -0.3 is 10.2 Å². The fourth-order valence-corrected chi connectivity index (χ4v) is 5.22. The third kappa shape index (κ3) is 5.14. The molecule has 7 nitrogen and oxygen atoms in total. The third-order valence-corrected chi connectivity index (χ3v) is 7.15. The Kier molecular flexibility index (Phi) is 9.17. The number of aromatic nitrogens is 2. The summed E-state index contributed by atoms with van der Waals surface area (Å²) < 4.78 is 2.06. The first-order valence-electron chi connectivity index (χ1n) is 12.1. The molecule has 1 atom stereocenters. The van der Waals surface area contributed by atoms with Crippen molar-refractivity contribution in [3.05, 3.63) is 17.0 Å². The lowest BCUT2D eigenvalue weighted by Crippen LogP contribution is -2.73. The molecular formula is C24H42ClN5O2. The predicted molar refractivity (Wildman–Crippen MR) is 130 cm³/mol. The second-order valence-corrected chi connectivity index (χ2v) is 9.77. The summed E-state index contributed by atoms with van der Waals surface area (Å²) in [5.74, 6) is 0.541. The van der Waals surface area contributed by atoms with Crippen LogP contribution in [0.25, 0.3) is 0 Å². The van der Waals surface area contributed by atoms with Crippen LogP contribution in [0.3, 0.4) is 0 Å². The summed E-state index contributed by atoms with van der Waals surface area (Å²) in [5, 5.41) is 7.75. The monoisotopic (exact) mass is 467 g/mol. The zero-order chi connectivity index (χ0) is 22.8. The largest absolute Gasteiger partial charge is 0.342 e. The van der Waals surface area contributed by atoms with Crippen LogP contribution in [0.5, 0.6) is 0 Å². The van der Waals surface area contributed by atoms with E-state index in [1.807, 2.05) is 4.90 Å². The minimum Gasteiger partial charge on any atom is -0.342 e. The fraction of sp³-hybridized carbons (Fsp3) is 0.792. The highest BCUT2D eigenvalue weighted by Crippen LogP contribution is 2.35. The highest BCUT2D eigenvalue weighted by molar-refractivity contribution is 6.00. The first-order valence-corrected chi connectivity index (χ1v) is 12.1. The lowest BCUT2D eigenvalue weighted by molar-refractivity contribution is -0.161. The van der Waals surface area contributed by atoms with Crippen molar-refractivity contribution in [1.82, 2.24) is 24.9 Å². The number of rotatable bonds is 8. The molecule has 8 heteroatoms. The van der Waals surface area contributed by atoms with E-state index in [1.165, 1.54) is 11.3 Å². The molecule has 3 heterocycles. The molecule has 1 aromatic heterocycles. The Balaban J connectivity index is 0.00000363. The number of amides is 2. The molecule has 1 spiro atoms. The summed E-state index contributed by atoms with van der Waals surface area (Å²) in [6.45, 7) is 16.7. The number of piperazine rings is 1. The van der Waals surface area contributed by atoms with E-state index in [2.05, 4.69) is 61.5 Å². The molecule has 2 fully saturated rings. The lowest BCUT2D eigenvalue weighted by atomic mass is 9.80. The van der Waals surface area contributed by atoms with Crippen LogP contribution in [0.4, 0.5) is 0 Å². The van der Waals surface area contributed by atoms with Gasteiger partial charge in [-0.3, -0.25) is 19.2 Å². The normalized spacial score (nSPS) is 21.2. The number of aryl methyl sites for hydroxylation is 2. The molecule has 0 saturated carbocycles. The van der Waals surface area contributed by atoms with Gasteiger partial charge in [-0.25, -0.2) is 0 Å². The maximum Gasteiger partial charge on any atom is 0.246 e. The second kappa shape index (κ2) is 11.0. The number of carbonyl (C=O) groups is 2. The molecule has 0 unspecified atom stereocenters. The Morgan fingerprint density at radius 3 is 2.34 bits per heavy atom. The molecule has 2 saturated heterocycles. The number of likely N-dealkylation sites (tertiary alicyclic amines) is 1. The van der Waals surface area contributed by atoms with Crippen LogP contribution in [-0.2, 0) is 22.7 Å². The van der Waals surface area contributed by atoms with Crippen molar-refractivity contribution in [3.63, 3.8) is 0 Å². The number of hydrogen-bond donors (Lipinski definition) is 1. The molecule has 1 N–H and O–H groups in total. The zero-order valence-electron chi connectivity index (χ0n) is 20.7. The summed E-state index contributed by atoms with van der Waals surface area (Å²) in [6, 6.07) is -0.377. The van der Waals surface area contributed by atoms with Gasteiger partial charge in [0.2, 0.25) is 11.8 Å². The first-order chi connectivity index (χ1) is 14.7. The van der Waals surface area contributed by atoms with Crippen LogP contribution < -0.4 is 5.32 Å². The Hall–Kier alpha value is -1.60. The minimum atomic E-state index is -0.687. The zero-order valence-corrected chi connectivity index (χ0v) is 21.6. The number of halogens is 1. The Labute approximate surface area is 199 Å². The number of nitrogens with zero attached hydrogens (tertiary/aromatic N) is 4. The van der Waals surface area contributed by atoms with Gasteiger partial charge >= 0.3 is 0 Å². The van der Waals surface area contributed by atoms with Gasteiger partial charge in [-0.05, 0) is 52.4 Å². The summed E-state index contributed by atoms with van der Waals surface area (Å²) >= 11 is 0. The highest BCUT2D eigenvalue weighted by atomic mass is 35.5. The van der Waals surface area contributed by atoms with Crippen LogP contribution >= 0.6 is 12.4 Å². The Morgan fingerprint density at radius 2 is 1.81 bits per heavy atom. The molecule has 0 bridgehead atoms. The van der Waals surface area contributed by atoms with E-state index in [-0.39, 0.29) is 30.3 Å². The van der Waals surface area contributed by atoms with Crippen molar-refractivity contribution < 1.29 is 9.59 Å². The standard InChI is InChI=1S/C24H41N5O2.ClH/c1-7-9-12-28-22(30)21(15-17(3)4)25-23(31)24(28)10-13-27(14-11-24)16-20-18(5)26-29(8-2)19(20)6;/h17,21H,7-16H2,1-6H3,(H,25,31);1H/t21-;/m0./s1. The molecule has 2 aliphatic rings. The summed E-state index contributed by atoms with van der Waals surface area (Å²) in [7, 11) is 0. The molecule has 0 radical (unpaired) electrons. The minimum absolute atomic E-state index is 0. The molecule has 2 amide bonds. The average Bonchev–Trinajstić information content (AvgIpc) is 3.00. The first kappa shape index (κ1) is 26.7. The molecular weight excluding hydrogens is 426 g/mol. The molecule has 2 aliphatic heterocycles. The van der Waals surface area contributed by atoms with Gasteiger partial charge in [-0.2, -0.15) is 5.10 Å². The van der Waals surface area contributed by atoms with E-state index in [9.17, 15) is 9.59 Å². The van der Waals surface area contributed by atoms with E-state index in [0.29, 0.717) is 31.7 Å². The number of carbonyl (C=O) groups excluding carboxylic acids is 2. The molecule has 3 rings (SSSR count). The van der Waals surface area contributed by atoms with Gasteiger partial charge in [0.25, 0.3) is 0 Å². The van der Waals surface area contributed by atoms with E-state index in [0.717, 1.165) is 44.7 Å². The summed E-state index contributed by atoms with van der Waals surface area (Å²) in [6.07, 6.45) is 4.05. The highest BCUT2D eigenvalue weighted by Gasteiger charge is 2.53. The maximum atomic E-state index is 13.4. The Morgan fingerprint density at radius 1 is 1.16 bits per heavy atom. The van der Waals surface area contributed by atoms with Gasteiger partial charge in [-0.1, -0.05) is 27.2 Å². The molecule has 182 valence electrons. The van der Waals surface area contributed by atoms with Gasteiger partial charge in [0, 0.05) is 44.0 Å². The van der Waals surface area contributed by atoms with Crippen LogP contribution in [0.15, 0.2) is 0 Å². The topological polar surface area (TPSA) is 70.5 Å². The number of unbranched alkanes of at least 4 members (excludes halogenated alkanes) is 1. The van der Waals surface area contributed by atoms with E-state index in [4.69, 9.17) is 0 Å². The van der Waals surface area contributed by atoms with Gasteiger partial charge in [0.05, 0.1) is 5.69 Å². The van der Waals surface area contributed by atoms with Gasteiger partial charge in [0.15, 0.2) is 0 Å². The second-order valence-electron chi connectivity index (χ2n) is 9.77. The number of nitrogens with one attached hydrogen (secondary N) is 1. The van der Waals surface area contributed by atoms with Crippen LogP contribution in [-0.4, -0.2) is 62.6 Å². The maximum absolute atomic E-state index is 13.4. The van der Waals surface area contributed by atoms with Crippen molar-refractivity contribution >= 4 is 24.2 Å². The van der Waals surface area contributed by atoms with Crippen LogP contribution in [0.2, 0.25) is 0 Å². The quantitative estimate of drug-likeness (QED) is 0.635. The SMILES string of the molecule is CCCCN1C(=O)[C@H](CC(C)C)NC(=O)C12CCN(Cc1c(C)nn(CC)c1C)CC2.Cl. The number of piperidine rings is 1. The molecule has 0 aliphatic carbocycles. The van der Waals surface area contributed by atoms with E-state index >= 15 is 0 Å². The predicted octanol–water partition coefficient (Wildman–Crippen LogP) is 3.45. The molecule has 1 aromatic rings. The van der Waals surface area contributed by atoms with Gasteiger partial charge in [0.1, 0.15) is 11.6 Å². The average molecular weight is 468 g/mol. The van der Waals surface area contributed by atoms with Gasteiger partial charge in [-0.15, -0.1) is 12.4 Å². The fourth-order valence-electron chi connectivity index (χ4n) is 5.22. The van der Waals surface area contributed by atoms with Crippen molar-refractivity contribution in [2.45, 2.75) is 98.3 Å². The Bertz CT molecular complexity index is 799. The van der Waals surface area contributed by atoms with E-state index in [1.54, 1.807) is 0 Å². The van der Waals surface area contributed by atoms with Crippen LogP contribution in [0, 0.1) is 19.8 Å². The summed E-state index contributed by atoms with van der Waals surface area (Å²) in [5.41, 5.74) is 2.92. The third-order valence-electron chi connectivity index (χ3n) is 7.15. The van der Waals surface area contributed by atoms with Crippen molar-refractivity contribution in [3.8, 4) is 0 Å². The smallest absolute Gasteiger partial charge is 0.246 e. The van der Waals surface area contributed by atoms with Crippen LogP contribution in [0.1, 0.15) is 76.8 Å². The number of hydrogen-bond acceptors (Lipinski definition) is 4. The molecule has 0 aromatic carbocycles. The van der Waals surface area contributed by atoms with Crippen molar-refractivity contribution in [2.75, 3.05) is 19.6 Å². The molecule has 32 heavy (non-hydrogen) atoms. The van der Waals surface area contributed by atoms with Crippen molar-refractivity contribution in [2.24, 2.45) is 5.92 Å². The van der Waals surface area contributed by atoms with E-state index < -0.39 is 5.54 Å².